The lowest BCUT2D eigenvalue weighted by Crippen LogP contribution is -2.17. The van der Waals surface area contributed by atoms with Gasteiger partial charge in [0.05, 0.1) is 28.3 Å². The van der Waals surface area contributed by atoms with Crippen LogP contribution in [0.15, 0.2) is 73.2 Å². The average molecular weight is 552 g/mol. The Morgan fingerprint density at radius 3 is 2.38 bits per heavy atom. The highest BCUT2D eigenvalue weighted by Gasteiger charge is 2.36. The van der Waals surface area contributed by atoms with E-state index in [-0.39, 0.29) is 29.1 Å². The Bertz CT molecular complexity index is 1710. The number of amides is 2. The second-order valence-electron chi connectivity index (χ2n) is 8.35. The summed E-state index contributed by atoms with van der Waals surface area (Å²) in [5.41, 5.74) is 5.26. The van der Waals surface area contributed by atoms with E-state index in [1.807, 2.05) is 0 Å². The monoisotopic (exact) mass is 551 g/mol. The van der Waals surface area contributed by atoms with Gasteiger partial charge in [-0.2, -0.15) is 18.3 Å². The number of aromatic nitrogens is 5. The quantitative estimate of drug-likeness (QED) is 0.311. The van der Waals surface area contributed by atoms with Crippen molar-refractivity contribution >= 4 is 40.3 Å². The van der Waals surface area contributed by atoms with E-state index in [2.05, 4.69) is 25.4 Å². The Labute approximate surface area is 223 Å². The minimum atomic E-state index is -4.78. The molecule has 5 aromatic rings. The SMILES string of the molecule is NC(=O)Cc1cnc2c(NC(=O)c3cc(-c4ncccn4)c(C(F)(F)F)cc3Cl)n(-c3ccccc3)nc2c1. The number of nitrogens with one attached hydrogen (secondary N) is 1. The second-order valence-corrected chi connectivity index (χ2v) is 8.76. The van der Waals surface area contributed by atoms with Crippen molar-refractivity contribution in [2.24, 2.45) is 5.73 Å². The van der Waals surface area contributed by atoms with E-state index in [1.165, 1.54) is 29.3 Å². The first kappa shape index (κ1) is 25.8. The van der Waals surface area contributed by atoms with Gasteiger partial charge >= 0.3 is 6.18 Å². The molecule has 196 valence electrons. The summed E-state index contributed by atoms with van der Waals surface area (Å²) < 4.78 is 42.9. The summed E-state index contributed by atoms with van der Waals surface area (Å²) in [4.78, 5) is 37.0. The predicted molar refractivity (Wildman–Crippen MR) is 137 cm³/mol. The number of anilines is 1. The lowest BCUT2D eigenvalue weighted by Gasteiger charge is -2.15. The standard InChI is InChI=1S/C26H17ClF3N7O2/c27-19-12-18(26(28,29)30)16(23-32-7-4-8-33-23)11-17(19)25(39)35-24-22-20(9-14(13-34-22)10-21(31)38)36-37(24)15-5-2-1-3-6-15/h1-9,11-13H,10H2,(H2,31,38)(H,35,39). The van der Waals surface area contributed by atoms with E-state index in [1.54, 1.807) is 36.4 Å². The van der Waals surface area contributed by atoms with E-state index < -0.39 is 34.1 Å². The predicted octanol–water partition coefficient (Wildman–Crippen LogP) is 4.83. The van der Waals surface area contributed by atoms with Crippen molar-refractivity contribution in [2.75, 3.05) is 5.32 Å². The number of carbonyl (C=O) groups is 2. The van der Waals surface area contributed by atoms with Crippen molar-refractivity contribution in [3.05, 3.63) is 94.9 Å². The summed E-state index contributed by atoms with van der Waals surface area (Å²) >= 11 is 6.19. The van der Waals surface area contributed by atoms with Crippen LogP contribution < -0.4 is 11.1 Å². The molecule has 0 saturated carbocycles. The molecule has 0 atom stereocenters. The van der Waals surface area contributed by atoms with Crippen molar-refractivity contribution in [2.45, 2.75) is 12.6 Å². The average Bonchev–Trinajstić information content (AvgIpc) is 3.26. The van der Waals surface area contributed by atoms with Crippen molar-refractivity contribution in [1.29, 1.82) is 0 Å². The van der Waals surface area contributed by atoms with Gasteiger partial charge in [0.2, 0.25) is 5.91 Å². The molecule has 0 saturated heterocycles. The van der Waals surface area contributed by atoms with Crippen molar-refractivity contribution in [1.82, 2.24) is 24.7 Å². The van der Waals surface area contributed by atoms with Crippen LogP contribution >= 0.6 is 11.6 Å². The minimum Gasteiger partial charge on any atom is -0.369 e. The van der Waals surface area contributed by atoms with Crippen molar-refractivity contribution in [3.63, 3.8) is 0 Å². The first-order valence-corrected chi connectivity index (χ1v) is 11.7. The molecule has 3 aromatic heterocycles. The largest absolute Gasteiger partial charge is 0.417 e. The number of carbonyl (C=O) groups excluding carboxylic acids is 2. The Kier molecular flexibility index (Phi) is 6.71. The fraction of sp³-hybridized carbons (Fsp3) is 0.0769. The van der Waals surface area contributed by atoms with E-state index in [4.69, 9.17) is 17.3 Å². The van der Waals surface area contributed by atoms with Crippen LogP contribution in [0.25, 0.3) is 28.1 Å². The normalized spacial score (nSPS) is 11.5. The second kappa shape index (κ2) is 10.1. The number of hydrogen-bond donors (Lipinski definition) is 2. The van der Waals surface area contributed by atoms with Crippen LogP contribution in [-0.2, 0) is 17.4 Å². The van der Waals surface area contributed by atoms with Gasteiger partial charge in [-0.25, -0.2) is 14.6 Å². The molecule has 0 spiro atoms. The molecule has 0 aliphatic carbocycles. The summed E-state index contributed by atoms with van der Waals surface area (Å²) in [7, 11) is 0. The van der Waals surface area contributed by atoms with Crippen LogP contribution in [0.1, 0.15) is 21.5 Å². The highest BCUT2D eigenvalue weighted by molar-refractivity contribution is 6.34. The number of primary amides is 1. The maximum atomic E-state index is 13.8. The summed E-state index contributed by atoms with van der Waals surface area (Å²) in [6, 6.07) is 13.5. The van der Waals surface area contributed by atoms with Gasteiger partial charge in [-0.1, -0.05) is 29.8 Å². The number of alkyl halides is 3. The highest BCUT2D eigenvalue weighted by atomic mass is 35.5. The molecule has 3 heterocycles. The first-order chi connectivity index (χ1) is 18.6. The van der Waals surface area contributed by atoms with Gasteiger partial charge in [-0.3, -0.25) is 14.6 Å². The summed E-state index contributed by atoms with van der Waals surface area (Å²) in [6.45, 7) is 0. The molecule has 3 N–H and O–H groups in total. The van der Waals surface area contributed by atoms with E-state index in [0.717, 1.165) is 6.07 Å². The zero-order valence-corrected chi connectivity index (χ0v) is 20.5. The summed E-state index contributed by atoms with van der Waals surface area (Å²) in [5, 5.41) is 6.78. The van der Waals surface area contributed by atoms with Gasteiger partial charge in [0.15, 0.2) is 11.6 Å². The zero-order valence-electron chi connectivity index (χ0n) is 19.8. The van der Waals surface area contributed by atoms with Crippen LogP contribution in [0.4, 0.5) is 19.0 Å². The Morgan fingerprint density at radius 2 is 1.72 bits per heavy atom. The van der Waals surface area contributed by atoms with Gasteiger partial charge in [0, 0.05) is 24.2 Å². The topological polar surface area (TPSA) is 129 Å². The van der Waals surface area contributed by atoms with Gasteiger partial charge in [-0.15, -0.1) is 0 Å². The molecule has 0 aliphatic heterocycles. The number of nitrogens with zero attached hydrogens (tertiary/aromatic N) is 5. The molecule has 39 heavy (non-hydrogen) atoms. The number of rotatable bonds is 6. The number of benzene rings is 2. The minimum absolute atomic E-state index is 0.0612. The Balaban J connectivity index is 1.62. The molecule has 0 unspecified atom stereocenters. The van der Waals surface area contributed by atoms with Gasteiger partial charge in [0.1, 0.15) is 11.0 Å². The maximum Gasteiger partial charge on any atom is 0.417 e. The molecule has 0 bridgehead atoms. The van der Waals surface area contributed by atoms with Gasteiger partial charge in [0.25, 0.3) is 5.91 Å². The number of nitrogens with two attached hydrogens (primary N) is 1. The molecular weight excluding hydrogens is 535 g/mol. The fourth-order valence-electron chi connectivity index (χ4n) is 3.96. The Hall–Kier alpha value is -4.84. The number of para-hydroxylation sites is 1. The summed E-state index contributed by atoms with van der Waals surface area (Å²) in [6.07, 6.45) is -0.828. The van der Waals surface area contributed by atoms with E-state index in [9.17, 15) is 22.8 Å². The third kappa shape index (κ3) is 5.27. The van der Waals surface area contributed by atoms with Crippen molar-refractivity contribution in [3.8, 4) is 17.1 Å². The molecule has 0 aliphatic rings. The molecule has 2 amide bonds. The van der Waals surface area contributed by atoms with E-state index >= 15 is 0 Å². The lowest BCUT2D eigenvalue weighted by atomic mass is 10.0. The molecule has 0 radical (unpaired) electrons. The molecule has 2 aromatic carbocycles. The Morgan fingerprint density at radius 1 is 1.00 bits per heavy atom. The maximum absolute atomic E-state index is 13.8. The van der Waals surface area contributed by atoms with Crippen LogP contribution in [0.3, 0.4) is 0 Å². The van der Waals surface area contributed by atoms with Crippen LogP contribution in [0, 0.1) is 0 Å². The molecule has 13 heteroatoms. The lowest BCUT2D eigenvalue weighted by molar-refractivity contribution is -0.137. The van der Waals surface area contributed by atoms with Crippen molar-refractivity contribution < 1.29 is 22.8 Å². The third-order valence-electron chi connectivity index (χ3n) is 5.64. The van der Waals surface area contributed by atoms with E-state index in [0.29, 0.717) is 22.8 Å². The molecule has 5 rings (SSSR count). The first-order valence-electron chi connectivity index (χ1n) is 11.3. The number of fused-ring (bicyclic) bond motifs is 1. The number of pyridine rings is 1. The van der Waals surface area contributed by atoms with Crippen LogP contribution in [0.5, 0.6) is 0 Å². The third-order valence-corrected chi connectivity index (χ3v) is 5.96. The smallest absolute Gasteiger partial charge is 0.369 e. The number of halogens is 4. The molecule has 9 nitrogen and oxygen atoms in total. The van der Waals surface area contributed by atoms with Gasteiger partial charge in [-0.05, 0) is 42.0 Å². The number of hydrogen-bond acceptors (Lipinski definition) is 6. The van der Waals surface area contributed by atoms with Gasteiger partial charge < -0.3 is 11.1 Å². The van der Waals surface area contributed by atoms with Crippen LogP contribution in [-0.4, -0.2) is 36.5 Å². The zero-order chi connectivity index (χ0) is 27.7. The fourth-order valence-corrected chi connectivity index (χ4v) is 4.21. The summed E-state index contributed by atoms with van der Waals surface area (Å²) in [5.74, 6) is -1.45. The van der Waals surface area contributed by atoms with Crippen LogP contribution in [0.2, 0.25) is 5.02 Å². The molecule has 0 fully saturated rings. The molecular formula is C26H17ClF3N7O2. The highest BCUT2D eigenvalue weighted by Crippen LogP contribution is 2.39.